The van der Waals surface area contributed by atoms with E-state index < -0.39 is 11.9 Å². The maximum Gasteiger partial charge on any atom is 0.334 e. The van der Waals surface area contributed by atoms with Crippen LogP contribution in [0.25, 0.3) is 0 Å². The molecule has 0 radical (unpaired) electrons. The molecule has 1 saturated heterocycles. The molecule has 1 heterocycles. The Morgan fingerprint density at radius 3 is 1.74 bits per heavy atom. The van der Waals surface area contributed by atoms with Crippen LogP contribution in [0, 0.1) is 0 Å². The Balaban J connectivity index is 1.98. The Morgan fingerprint density at radius 2 is 1.37 bits per heavy atom. The van der Waals surface area contributed by atoms with E-state index in [0.717, 1.165) is 25.7 Å². The average molecular weight is 266 g/mol. The van der Waals surface area contributed by atoms with Crippen LogP contribution < -0.4 is 0 Å². The van der Waals surface area contributed by atoms with E-state index in [4.69, 9.17) is 14.2 Å². The first-order valence-corrected chi connectivity index (χ1v) is 6.66. The lowest BCUT2D eigenvalue weighted by atomic mass is 9.69. The summed E-state index contributed by atoms with van der Waals surface area (Å²) >= 11 is 0. The highest BCUT2D eigenvalue weighted by Gasteiger charge is 2.72. The Kier molecular flexibility index (Phi) is 2.71. The fourth-order valence-corrected chi connectivity index (χ4v) is 3.72. The number of rotatable bonds is 2. The molecule has 0 amide bonds. The van der Waals surface area contributed by atoms with Crippen molar-refractivity contribution in [1.82, 2.24) is 0 Å². The molecular weight excluding hydrogens is 248 g/mol. The van der Waals surface area contributed by atoms with E-state index in [1.807, 2.05) is 0 Å². The highest BCUT2D eigenvalue weighted by molar-refractivity contribution is 6.01. The molecule has 2 atom stereocenters. The number of hydrogen-bond donors (Lipinski definition) is 0. The predicted octanol–water partition coefficient (Wildman–Crippen LogP) is 1.50. The molecule has 0 aromatic rings. The normalized spacial score (nSPS) is 36.1. The largest absolute Gasteiger partial charge is 0.466 e. The maximum absolute atomic E-state index is 11.9. The summed E-state index contributed by atoms with van der Waals surface area (Å²) in [5, 5.41) is 0. The van der Waals surface area contributed by atoms with Gasteiger partial charge in [-0.25, -0.2) is 9.59 Å². The quantitative estimate of drug-likeness (QED) is 0.560. The van der Waals surface area contributed by atoms with Gasteiger partial charge in [-0.1, -0.05) is 12.8 Å². The van der Waals surface area contributed by atoms with E-state index in [0.29, 0.717) is 24.0 Å². The van der Waals surface area contributed by atoms with Crippen LogP contribution >= 0.6 is 0 Å². The van der Waals surface area contributed by atoms with Crippen LogP contribution in [0.1, 0.15) is 38.5 Å². The second-order valence-electron chi connectivity index (χ2n) is 5.59. The number of carbonyl (C=O) groups is 2. The zero-order valence-corrected chi connectivity index (χ0v) is 11.3. The standard InChI is InChI=1S/C14H18O5/c1-17-11(15)9-7-13-5-3-4-6-14(13,19-13)8-10(9)12(16)18-2/h3-8H2,1-2H3/t13-,14-/m0/s1. The Bertz CT molecular complexity index is 438. The monoisotopic (exact) mass is 266 g/mol. The summed E-state index contributed by atoms with van der Waals surface area (Å²) < 4.78 is 15.6. The van der Waals surface area contributed by atoms with Gasteiger partial charge in [-0.05, 0) is 12.8 Å². The summed E-state index contributed by atoms with van der Waals surface area (Å²) in [7, 11) is 2.66. The van der Waals surface area contributed by atoms with E-state index in [1.54, 1.807) is 0 Å². The van der Waals surface area contributed by atoms with Crippen molar-refractivity contribution in [2.75, 3.05) is 14.2 Å². The second kappa shape index (κ2) is 4.07. The molecule has 5 nitrogen and oxygen atoms in total. The minimum atomic E-state index is -0.440. The number of epoxide rings is 1. The summed E-state index contributed by atoms with van der Waals surface area (Å²) in [6.45, 7) is 0. The summed E-state index contributed by atoms with van der Waals surface area (Å²) in [6.07, 6.45) is 5.10. The minimum Gasteiger partial charge on any atom is -0.466 e. The lowest BCUT2D eigenvalue weighted by Crippen LogP contribution is -2.37. The first-order chi connectivity index (χ1) is 9.07. The molecule has 3 aliphatic rings. The SMILES string of the molecule is COC(=O)C1=C(C(=O)OC)C[C@@]23CCCC[C@@]2(C1)O3. The minimum absolute atomic E-state index is 0.230. The van der Waals surface area contributed by atoms with Gasteiger partial charge in [0.1, 0.15) is 11.2 Å². The molecule has 0 aromatic carbocycles. The van der Waals surface area contributed by atoms with Gasteiger partial charge in [-0.2, -0.15) is 0 Å². The molecule has 2 fully saturated rings. The highest BCUT2D eigenvalue weighted by atomic mass is 16.6. The van der Waals surface area contributed by atoms with E-state index in [9.17, 15) is 9.59 Å². The molecular formula is C14H18O5. The summed E-state index contributed by atoms with van der Waals surface area (Å²) in [4.78, 5) is 23.8. The first-order valence-electron chi connectivity index (χ1n) is 6.66. The molecule has 1 aliphatic heterocycles. The molecule has 5 heteroatoms. The van der Waals surface area contributed by atoms with E-state index in [2.05, 4.69) is 0 Å². The van der Waals surface area contributed by atoms with Gasteiger partial charge in [0.15, 0.2) is 0 Å². The van der Waals surface area contributed by atoms with Crippen LogP contribution in [0.3, 0.4) is 0 Å². The molecule has 0 bridgehead atoms. The molecule has 0 unspecified atom stereocenters. The van der Waals surface area contributed by atoms with Gasteiger partial charge in [0.25, 0.3) is 0 Å². The third-order valence-electron chi connectivity index (χ3n) is 4.74. The fraction of sp³-hybridized carbons (Fsp3) is 0.714. The zero-order valence-electron chi connectivity index (χ0n) is 11.3. The zero-order chi connectivity index (χ0) is 13.7. The van der Waals surface area contributed by atoms with Crippen LogP contribution in [0.15, 0.2) is 11.1 Å². The number of esters is 2. The number of methoxy groups -OCH3 is 2. The van der Waals surface area contributed by atoms with Gasteiger partial charge in [0, 0.05) is 12.8 Å². The van der Waals surface area contributed by atoms with Crippen LogP contribution in [-0.4, -0.2) is 37.4 Å². The van der Waals surface area contributed by atoms with Crippen molar-refractivity contribution in [3.8, 4) is 0 Å². The van der Waals surface area contributed by atoms with Crippen LogP contribution in [0.2, 0.25) is 0 Å². The Labute approximate surface area is 111 Å². The average Bonchev–Trinajstić information content (AvgIpc) is 3.12. The molecule has 104 valence electrons. The van der Waals surface area contributed by atoms with E-state index in [1.165, 1.54) is 14.2 Å². The number of hydrogen-bond acceptors (Lipinski definition) is 5. The summed E-state index contributed by atoms with van der Waals surface area (Å²) in [5.41, 5.74) is 0.409. The van der Waals surface area contributed by atoms with E-state index in [-0.39, 0.29) is 11.2 Å². The predicted molar refractivity (Wildman–Crippen MR) is 65.3 cm³/mol. The third kappa shape index (κ3) is 1.64. The van der Waals surface area contributed by atoms with Gasteiger partial charge in [0.05, 0.1) is 25.4 Å². The van der Waals surface area contributed by atoms with Crippen molar-refractivity contribution < 1.29 is 23.8 Å². The van der Waals surface area contributed by atoms with Gasteiger partial charge in [-0.15, -0.1) is 0 Å². The van der Waals surface area contributed by atoms with Crippen LogP contribution in [-0.2, 0) is 23.8 Å². The molecule has 2 aliphatic carbocycles. The van der Waals surface area contributed by atoms with Crippen LogP contribution in [0.4, 0.5) is 0 Å². The molecule has 3 rings (SSSR count). The summed E-state index contributed by atoms with van der Waals surface area (Å²) in [6, 6.07) is 0. The van der Waals surface area contributed by atoms with Gasteiger partial charge in [0.2, 0.25) is 0 Å². The van der Waals surface area contributed by atoms with Gasteiger partial charge < -0.3 is 14.2 Å². The summed E-state index contributed by atoms with van der Waals surface area (Å²) in [5.74, 6) is -0.881. The van der Waals surface area contributed by atoms with Crippen molar-refractivity contribution in [3.05, 3.63) is 11.1 Å². The maximum atomic E-state index is 11.9. The van der Waals surface area contributed by atoms with Crippen molar-refractivity contribution in [1.29, 1.82) is 0 Å². The fourth-order valence-electron chi connectivity index (χ4n) is 3.72. The van der Waals surface area contributed by atoms with Crippen molar-refractivity contribution in [2.45, 2.75) is 49.7 Å². The van der Waals surface area contributed by atoms with Crippen molar-refractivity contribution in [2.24, 2.45) is 0 Å². The van der Waals surface area contributed by atoms with Crippen molar-refractivity contribution in [3.63, 3.8) is 0 Å². The van der Waals surface area contributed by atoms with Crippen LogP contribution in [0.5, 0.6) is 0 Å². The third-order valence-corrected chi connectivity index (χ3v) is 4.74. The van der Waals surface area contributed by atoms with Gasteiger partial charge >= 0.3 is 11.9 Å². The van der Waals surface area contributed by atoms with Crippen molar-refractivity contribution >= 4 is 11.9 Å². The molecule has 0 spiro atoms. The molecule has 0 N–H and O–H groups in total. The molecule has 19 heavy (non-hydrogen) atoms. The first kappa shape index (κ1) is 12.7. The Morgan fingerprint density at radius 1 is 0.947 bits per heavy atom. The topological polar surface area (TPSA) is 65.1 Å². The molecule has 0 aromatic heterocycles. The van der Waals surface area contributed by atoms with E-state index >= 15 is 0 Å². The Hall–Kier alpha value is -1.36. The number of carbonyl (C=O) groups excluding carboxylic acids is 2. The molecule has 1 saturated carbocycles. The number of ether oxygens (including phenoxy) is 3. The lowest BCUT2D eigenvalue weighted by molar-refractivity contribution is -0.140. The second-order valence-corrected chi connectivity index (χ2v) is 5.59. The highest BCUT2D eigenvalue weighted by Crippen LogP contribution is 2.65. The van der Waals surface area contributed by atoms with Gasteiger partial charge in [-0.3, -0.25) is 0 Å². The smallest absolute Gasteiger partial charge is 0.334 e. The lowest BCUT2D eigenvalue weighted by Gasteiger charge is -2.30.